The van der Waals surface area contributed by atoms with Crippen LogP contribution in [0.1, 0.15) is 59.3 Å². The lowest BCUT2D eigenvalue weighted by molar-refractivity contribution is -0.138. The summed E-state index contributed by atoms with van der Waals surface area (Å²) in [6, 6.07) is 0.141. The predicted molar refractivity (Wildman–Crippen MR) is 96.0 cm³/mol. The van der Waals surface area contributed by atoms with E-state index >= 15 is 0 Å². The standard InChI is InChI=1S/C18H32N4O2/c1-5-6-7-15-20-18(17(24)22(15)14(2)3)9-12-21(13-10-18)16(23)8-11-19-4/h14,19H,5-13H2,1-4H3. The zero-order valence-electron chi connectivity index (χ0n) is 15.6. The van der Waals surface area contributed by atoms with Crippen LogP contribution in [0, 0.1) is 0 Å². The highest BCUT2D eigenvalue weighted by molar-refractivity contribution is 6.08. The normalized spacial score (nSPS) is 20.2. The van der Waals surface area contributed by atoms with E-state index in [-0.39, 0.29) is 17.9 Å². The van der Waals surface area contributed by atoms with Crippen LogP contribution in [-0.2, 0) is 9.59 Å². The van der Waals surface area contributed by atoms with Crippen LogP contribution in [0.15, 0.2) is 4.99 Å². The third-order valence-electron chi connectivity index (χ3n) is 5.04. The lowest BCUT2D eigenvalue weighted by Crippen LogP contribution is -2.52. The van der Waals surface area contributed by atoms with Gasteiger partial charge in [0, 0.05) is 38.5 Å². The fraction of sp³-hybridized carbons (Fsp3) is 0.833. The van der Waals surface area contributed by atoms with E-state index in [4.69, 9.17) is 4.99 Å². The van der Waals surface area contributed by atoms with Crippen molar-refractivity contribution in [2.75, 3.05) is 26.7 Å². The summed E-state index contributed by atoms with van der Waals surface area (Å²) in [4.78, 5) is 33.9. The Hall–Kier alpha value is -1.43. The second kappa shape index (κ2) is 8.10. The number of unbranched alkanes of at least 4 members (excludes halogenated alkanes) is 1. The smallest absolute Gasteiger partial charge is 0.256 e. The van der Waals surface area contributed by atoms with Gasteiger partial charge in [0.15, 0.2) is 0 Å². The molecule has 6 heteroatoms. The summed E-state index contributed by atoms with van der Waals surface area (Å²) in [7, 11) is 1.85. The Morgan fingerprint density at radius 1 is 1.33 bits per heavy atom. The maximum Gasteiger partial charge on any atom is 0.256 e. The average molecular weight is 336 g/mol. The number of aliphatic imine (C=N–C) groups is 1. The predicted octanol–water partition coefficient (Wildman–Crippen LogP) is 1.80. The van der Waals surface area contributed by atoms with Crippen molar-refractivity contribution in [1.29, 1.82) is 0 Å². The molecule has 136 valence electrons. The largest absolute Gasteiger partial charge is 0.342 e. The first-order valence-electron chi connectivity index (χ1n) is 9.30. The maximum atomic E-state index is 13.0. The Balaban J connectivity index is 2.06. The number of nitrogens with one attached hydrogen (secondary N) is 1. The molecule has 0 aromatic heterocycles. The first-order valence-corrected chi connectivity index (χ1v) is 9.30. The molecule has 1 saturated heterocycles. The fourth-order valence-electron chi connectivity index (χ4n) is 3.58. The fourth-order valence-corrected chi connectivity index (χ4v) is 3.58. The van der Waals surface area contributed by atoms with E-state index in [0.717, 1.165) is 25.1 Å². The summed E-state index contributed by atoms with van der Waals surface area (Å²) < 4.78 is 0. The summed E-state index contributed by atoms with van der Waals surface area (Å²) in [5, 5.41) is 3.01. The average Bonchev–Trinajstić information content (AvgIpc) is 2.83. The molecule has 2 heterocycles. The van der Waals surface area contributed by atoms with Crippen LogP contribution in [-0.4, -0.2) is 65.7 Å². The van der Waals surface area contributed by atoms with E-state index in [1.807, 2.05) is 16.8 Å². The minimum atomic E-state index is -0.618. The van der Waals surface area contributed by atoms with Crippen molar-refractivity contribution in [2.24, 2.45) is 4.99 Å². The number of amides is 2. The second-order valence-electron chi connectivity index (χ2n) is 7.17. The third-order valence-corrected chi connectivity index (χ3v) is 5.04. The van der Waals surface area contributed by atoms with Gasteiger partial charge < -0.3 is 10.2 Å². The quantitative estimate of drug-likeness (QED) is 0.771. The molecule has 2 amide bonds. The van der Waals surface area contributed by atoms with Crippen LogP contribution >= 0.6 is 0 Å². The van der Waals surface area contributed by atoms with Crippen molar-refractivity contribution in [1.82, 2.24) is 15.1 Å². The highest BCUT2D eigenvalue weighted by Gasteiger charge is 2.50. The van der Waals surface area contributed by atoms with Gasteiger partial charge in [-0.2, -0.15) is 0 Å². The molecule has 0 atom stereocenters. The van der Waals surface area contributed by atoms with Crippen molar-refractivity contribution in [3.05, 3.63) is 0 Å². The Bertz CT molecular complexity index is 493. The number of carbonyl (C=O) groups excluding carboxylic acids is 2. The number of piperidine rings is 1. The zero-order valence-corrected chi connectivity index (χ0v) is 15.6. The Morgan fingerprint density at radius 3 is 2.54 bits per heavy atom. The molecule has 1 fully saturated rings. The van der Waals surface area contributed by atoms with Crippen LogP contribution in [0.3, 0.4) is 0 Å². The van der Waals surface area contributed by atoms with Crippen LogP contribution in [0.5, 0.6) is 0 Å². The molecule has 2 rings (SSSR count). The number of likely N-dealkylation sites (tertiary alicyclic amines) is 1. The first-order chi connectivity index (χ1) is 11.4. The Labute approximate surface area is 145 Å². The molecular formula is C18H32N4O2. The third kappa shape index (κ3) is 3.79. The van der Waals surface area contributed by atoms with E-state index in [1.54, 1.807) is 0 Å². The number of amidine groups is 1. The molecule has 0 aliphatic carbocycles. The molecule has 0 aromatic carbocycles. The number of hydrogen-bond donors (Lipinski definition) is 1. The minimum Gasteiger partial charge on any atom is -0.342 e. The molecule has 2 aliphatic rings. The van der Waals surface area contributed by atoms with E-state index in [9.17, 15) is 9.59 Å². The molecule has 1 N–H and O–H groups in total. The SMILES string of the molecule is CCCCC1=NC2(CCN(C(=O)CCNC)CC2)C(=O)N1C(C)C. The van der Waals surface area contributed by atoms with Gasteiger partial charge in [-0.3, -0.25) is 19.5 Å². The van der Waals surface area contributed by atoms with E-state index in [0.29, 0.717) is 38.9 Å². The molecule has 0 saturated carbocycles. The van der Waals surface area contributed by atoms with Crippen molar-refractivity contribution < 1.29 is 9.59 Å². The van der Waals surface area contributed by atoms with Gasteiger partial charge in [-0.1, -0.05) is 13.3 Å². The minimum absolute atomic E-state index is 0.141. The molecule has 24 heavy (non-hydrogen) atoms. The highest BCUT2D eigenvalue weighted by Crippen LogP contribution is 2.35. The van der Waals surface area contributed by atoms with E-state index in [1.165, 1.54) is 0 Å². The summed E-state index contributed by atoms with van der Waals surface area (Å²) in [5.41, 5.74) is -0.618. The molecule has 6 nitrogen and oxygen atoms in total. The van der Waals surface area contributed by atoms with Gasteiger partial charge in [-0.15, -0.1) is 0 Å². The number of hydrogen-bond acceptors (Lipinski definition) is 4. The van der Waals surface area contributed by atoms with Crippen molar-refractivity contribution in [3.8, 4) is 0 Å². The molecule has 0 radical (unpaired) electrons. The van der Waals surface area contributed by atoms with Crippen LogP contribution in [0.2, 0.25) is 0 Å². The first kappa shape index (κ1) is 18.9. The molecule has 2 aliphatic heterocycles. The molecule has 0 unspecified atom stereocenters. The highest BCUT2D eigenvalue weighted by atomic mass is 16.2. The summed E-state index contributed by atoms with van der Waals surface area (Å²) in [6.45, 7) is 8.21. The number of nitrogens with zero attached hydrogens (tertiary/aromatic N) is 3. The van der Waals surface area contributed by atoms with Gasteiger partial charge in [-0.25, -0.2) is 0 Å². The Kier molecular flexibility index (Phi) is 6.38. The maximum absolute atomic E-state index is 13.0. The Morgan fingerprint density at radius 2 is 2.00 bits per heavy atom. The topological polar surface area (TPSA) is 65.0 Å². The van der Waals surface area contributed by atoms with Gasteiger partial charge in [-0.05, 0) is 40.2 Å². The second-order valence-corrected chi connectivity index (χ2v) is 7.17. The molecular weight excluding hydrogens is 304 g/mol. The van der Waals surface area contributed by atoms with Gasteiger partial charge in [0.05, 0.1) is 0 Å². The summed E-state index contributed by atoms with van der Waals surface area (Å²) >= 11 is 0. The zero-order chi connectivity index (χ0) is 17.7. The monoisotopic (exact) mass is 336 g/mol. The van der Waals surface area contributed by atoms with Gasteiger partial charge in [0.25, 0.3) is 5.91 Å². The number of carbonyl (C=O) groups is 2. The van der Waals surface area contributed by atoms with Crippen molar-refractivity contribution in [2.45, 2.75) is 70.9 Å². The molecule has 1 spiro atoms. The lowest BCUT2D eigenvalue weighted by Gasteiger charge is -2.37. The summed E-state index contributed by atoms with van der Waals surface area (Å²) in [6.07, 6.45) is 4.83. The number of rotatable bonds is 7. The summed E-state index contributed by atoms with van der Waals surface area (Å²) in [5.74, 6) is 1.26. The molecule has 0 bridgehead atoms. The molecule has 0 aromatic rings. The van der Waals surface area contributed by atoms with E-state index in [2.05, 4.69) is 26.1 Å². The van der Waals surface area contributed by atoms with Crippen LogP contribution in [0.4, 0.5) is 0 Å². The van der Waals surface area contributed by atoms with Crippen molar-refractivity contribution in [3.63, 3.8) is 0 Å². The van der Waals surface area contributed by atoms with Gasteiger partial charge >= 0.3 is 0 Å². The lowest BCUT2D eigenvalue weighted by atomic mass is 9.87. The van der Waals surface area contributed by atoms with Crippen LogP contribution in [0.25, 0.3) is 0 Å². The van der Waals surface area contributed by atoms with Crippen LogP contribution < -0.4 is 5.32 Å². The van der Waals surface area contributed by atoms with Gasteiger partial charge in [0.2, 0.25) is 5.91 Å². The van der Waals surface area contributed by atoms with Crippen molar-refractivity contribution >= 4 is 17.6 Å². The van der Waals surface area contributed by atoms with Gasteiger partial charge in [0.1, 0.15) is 11.4 Å². The van der Waals surface area contributed by atoms with E-state index < -0.39 is 5.54 Å².